The van der Waals surface area contributed by atoms with Gasteiger partial charge in [0, 0.05) is 19.2 Å². The van der Waals surface area contributed by atoms with Crippen molar-refractivity contribution in [1.82, 2.24) is 24.5 Å². The fourth-order valence-corrected chi connectivity index (χ4v) is 2.91. The van der Waals surface area contributed by atoms with Crippen molar-refractivity contribution in [2.24, 2.45) is 0 Å². The topological polar surface area (TPSA) is 48.5 Å². The van der Waals surface area contributed by atoms with Crippen LogP contribution in [0.3, 0.4) is 0 Å². The largest absolute Gasteiger partial charge is 0.305 e. The van der Waals surface area contributed by atoms with Gasteiger partial charge in [-0.3, -0.25) is 4.68 Å². The fourth-order valence-electron chi connectivity index (χ4n) is 2.91. The third-order valence-corrected chi connectivity index (χ3v) is 4.09. The van der Waals surface area contributed by atoms with Crippen LogP contribution >= 0.6 is 0 Å². The molecule has 0 bridgehead atoms. The van der Waals surface area contributed by atoms with Crippen molar-refractivity contribution in [3.05, 3.63) is 53.5 Å². The van der Waals surface area contributed by atoms with Gasteiger partial charge in [-0.25, -0.2) is 0 Å². The van der Waals surface area contributed by atoms with Gasteiger partial charge in [0.2, 0.25) is 0 Å². The summed E-state index contributed by atoms with van der Waals surface area (Å²) < 4.78 is 4.12. The molecule has 4 rings (SSSR count). The number of hydrogen-bond acceptors (Lipinski definition) is 3. The van der Waals surface area contributed by atoms with Gasteiger partial charge in [-0.2, -0.15) is 5.10 Å². The lowest BCUT2D eigenvalue weighted by Crippen LogP contribution is -2.05. The third kappa shape index (κ3) is 2.05. The average molecular weight is 279 g/mol. The lowest BCUT2D eigenvalue weighted by molar-refractivity contribution is 0.658. The highest BCUT2D eigenvalue weighted by Gasteiger charge is 2.20. The molecule has 0 fully saturated rings. The molecule has 0 N–H and O–H groups in total. The zero-order valence-corrected chi connectivity index (χ0v) is 12.0. The van der Waals surface area contributed by atoms with Crippen molar-refractivity contribution in [2.75, 3.05) is 0 Å². The number of hydrogen-bond donors (Lipinski definition) is 0. The first-order valence-electron chi connectivity index (χ1n) is 7.38. The molecule has 1 aliphatic rings. The van der Waals surface area contributed by atoms with Crippen molar-refractivity contribution in [3.8, 4) is 11.5 Å². The van der Waals surface area contributed by atoms with Gasteiger partial charge in [0.1, 0.15) is 11.5 Å². The second-order valence-electron chi connectivity index (χ2n) is 5.35. The maximum absolute atomic E-state index is 4.56. The van der Waals surface area contributed by atoms with Crippen LogP contribution in [0.4, 0.5) is 0 Å². The second kappa shape index (κ2) is 4.84. The molecule has 1 aromatic carbocycles. The van der Waals surface area contributed by atoms with E-state index in [2.05, 4.69) is 51.1 Å². The Morgan fingerprint density at radius 2 is 1.90 bits per heavy atom. The lowest BCUT2D eigenvalue weighted by atomic mass is 10.0. The van der Waals surface area contributed by atoms with E-state index in [4.69, 9.17) is 0 Å². The summed E-state index contributed by atoms with van der Waals surface area (Å²) in [5.41, 5.74) is 3.66. The molecule has 0 atom stereocenters. The summed E-state index contributed by atoms with van der Waals surface area (Å²) >= 11 is 0. The Kier molecular flexibility index (Phi) is 2.84. The Bertz CT molecular complexity index is 784. The molecular weight excluding hydrogens is 262 g/mol. The number of aromatic nitrogens is 5. The van der Waals surface area contributed by atoms with E-state index in [0.717, 1.165) is 43.3 Å². The standard InChI is InChI=1S/C16H17N5/c1-2-20-10-9-14(19-20)16-18-17-15-8-7-12-5-3-4-6-13(12)11-21(15)16/h3-6,9-10H,2,7-8,11H2,1H3. The Morgan fingerprint density at radius 3 is 2.71 bits per heavy atom. The molecule has 5 heteroatoms. The lowest BCUT2D eigenvalue weighted by Gasteiger charge is -2.07. The smallest absolute Gasteiger partial charge is 0.184 e. The molecule has 1 aliphatic heterocycles. The minimum absolute atomic E-state index is 0.826. The van der Waals surface area contributed by atoms with E-state index in [0.29, 0.717) is 0 Å². The van der Waals surface area contributed by atoms with E-state index in [9.17, 15) is 0 Å². The molecule has 0 radical (unpaired) electrons. The van der Waals surface area contributed by atoms with Crippen LogP contribution in [0.1, 0.15) is 23.9 Å². The van der Waals surface area contributed by atoms with Crippen molar-refractivity contribution in [2.45, 2.75) is 32.9 Å². The molecule has 3 heterocycles. The number of aryl methyl sites for hydroxylation is 3. The summed E-state index contributed by atoms with van der Waals surface area (Å²) in [4.78, 5) is 0. The first-order valence-corrected chi connectivity index (χ1v) is 7.38. The van der Waals surface area contributed by atoms with Gasteiger partial charge in [-0.15, -0.1) is 10.2 Å². The van der Waals surface area contributed by atoms with Crippen LogP contribution in [0, 0.1) is 0 Å². The van der Waals surface area contributed by atoms with Crippen LogP contribution in [-0.2, 0) is 25.9 Å². The minimum Gasteiger partial charge on any atom is -0.305 e. The van der Waals surface area contributed by atoms with E-state index in [-0.39, 0.29) is 0 Å². The van der Waals surface area contributed by atoms with Gasteiger partial charge in [0.25, 0.3) is 0 Å². The second-order valence-corrected chi connectivity index (χ2v) is 5.35. The summed E-state index contributed by atoms with van der Waals surface area (Å²) in [7, 11) is 0. The zero-order chi connectivity index (χ0) is 14.2. The van der Waals surface area contributed by atoms with Crippen LogP contribution in [0.25, 0.3) is 11.5 Å². The maximum Gasteiger partial charge on any atom is 0.184 e. The fraction of sp³-hybridized carbons (Fsp3) is 0.312. The molecule has 0 saturated carbocycles. The predicted octanol–water partition coefficient (Wildman–Crippen LogP) is 2.31. The van der Waals surface area contributed by atoms with Crippen LogP contribution < -0.4 is 0 Å². The molecule has 0 spiro atoms. The van der Waals surface area contributed by atoms with Gasteiger partial charge < -0.3 is 4.57 Å². The monoisotopic (exact) mass is 279 g/mol. The van der Waals surface area contributed by atoms with Gasteiger partial charge in [-0.05, 0) is 30.5 Å². The summed E-state index contributed by atoms with van der Waals surface area (Å²) in [6.07, 6.45) is 3.94. The SMILES string of the molecule is CCn1ccc(-c2nnc3n2Cc2ccccc2CC3)n1. The van der Waals surface area contributed by atoms with Crippen molar-refractivity contribution in [3.63, 3.8) is 0 Å². The average Bonchev–Trinajstić information content (AvgIpc) is 3.09. The summed E-state index contributed by atoms with van der Waals surface area (Å²) in [6.45, 7) is 3.77. The van der Waals surface area contributed by atoms with Crippen molar-refractivity contribution in [1.29, 1.82) is 0 Å². The summed E-state index contributed by atoms with van der Waals surface area (Å²) in [5, 5.41) is 13.3. The number of benzene rings is 1. The van der Waals surface area contributed by atoms with Crippen LogP contribution in [0.2, 0.25) is 0 Å². The third-order valence-electron chi connectivity index (χ3n) is 4.09. The van der Waals surface area contributed by atoms with E-state index in [1.54, 1.807) is 0 Å². The Labute approximate surface area is 123 Å². The molecule has 0 amide bonds. The Balaban J connectivity index is 1.79. The van der Waals surface area contributed by atoms with Gasteiger partial charge >= 0.3 is 0 Å². The summed E-state index contributed by atoms with van der Waals surface area (Å²) in [6, 6.07) is 10.6. The number of nitrogens with zero attached hydrogens (tertiary/aromatic N) is 5. The van der Waals surface area contributed by atoms with Crippen molar-refractivity contribution < 1.29 is 0 Å². The normalized spacial score (nSPS) is 13.6. The predicted molar refractivity (Wildman–Crippen MR) is 79.9 cm³/mol. The van der Waals surface area contributed by atoms with E-state index in [1.165, 1.54) is 11.1 Å². The van der Waals surface area contributed by atoms with Crippen LogP contribution in [-0.4, -0.2) is 24.5 Å². The van der Waals surface area contributed by atoms with E-state index >= 15 is 0 Å². The molecule has 106 valence electrons. The molecule has 0 unspecified atom stereocenters. The van der Waals surface area contributed by atoms with Crippen molar-refractivity contribution >= 4 is 0 Å². The molecule has 5 nitrogen and oxygen atoms in total. The highest BCUT2D eigenvalue weighted by molar-refractivity contribution is 5.49. The first-order chi connectivity index (χ1) is 10.3. The van der Waals surface area contributed by atoms with E-state index in [1.807, 2.05) is 16.9 Å². The van der Waals surface area contributed by atoms with Crippen LogP contribution in [0.15, 0.2) is 36.5 Å². The molecule has 3 aromatic rings. The van der Waals surface area contributed by atoms with Gasteiger partial charge in [0.15, 0.2) is 5.82 Å². The van der Waals surface area contributed by atoms with Crippen LogP contribution in [0.5, 0.6) is 0 Å². The Morgan fingerprint density at radius 1 is 1.05 bits per heavy atom. The van der Waals surface area contributed by atoms with E-state index < -0.39 is 0 Å². The molecular formula is C16H17N5. The quantitative estimate of drug-likeness (QED) is 0.723. The minimum atomic E-state index is 0.826. The Hall–Kier alpha value is -2.43. The molecule has 0 aliphatic carbocycles. The zero-order valence-electron chi connectivity index (χ0n) is 12.0. The first kappa shape index (κ1) is 12.3. The van der Waals surface area contributed by atoms with Gasteiger partial charge in [-0.1, -0.05) is 24.3 Å². The molecule has 2 aromatic heterocycles. The van der Waals surface area contributed by atoms with Gasteiger partial charge in [0.05, 0.1) is 6.54 Å². The summed E-state index contributed by atoms with van der Waals surface area (Å²) in [5.74, 6) is 1.92. The maximum atomic E-state index is 4.56. The highest BCUT2D eigenvalue weighted by atomic mass is 15.3. The highest BCUT2D eigenvalue weighted by Crippen LogP contribution is 2.23. The number of fused-ring (bicyclic) bond motifs is 2. The molecule has 0 saturated heterocycles. The number of rotatable bonds is 2. The molecule has 21 heavy (non-hydrogen) atoms.